The van der Waals surface area contributed by atoms with Crippen LogP contribution >= 0.6 is 15.9 Å². The third-order valence-electron chi connectivity index (χ3n) is 1.71. The number of hydrogen-bond donors (Lipinski definition) is 1. The van der Waals surface area contributed by atoms with Crippen LogP contribution < -0.4 is 0 Å². The molecule has 2 unspecified atom stereocenters. The predicted octanol–water partition coefficient (Wildman–Crippen LogP) is 1.72. The molecule has 0 aromatic rings. The van der Waals surface area contributed by atoms with Crippen LogP contribution in [0.4, 0.5) is 8.78 Å². The SMILES string of the molecule is OC1OCCCC1C(F)(F)Br. The van der Waals surface area contributed by atoms with Crippen molar-refractivity contribution in [1.82, 2.24) is 0 Å². The van der Waals surface area contributed by atoms with Crippen LogP contribution in [0.2, 0.25) is 0 Å². The molecule has 0 amide bonds. The third kappa shape index (κ3) is 2.35. The summed E-state index contributed by atoms with van der Waals surface area (Å²) in [6.07, 6.45) is -0.472. The van der Waals surface area contributed by atoms with Crippen LogP contribution in [0.25, 0.3) is 0 Å². The molecule has 0 bridgehead atoms. The van der Waals surface area contributed by atoms with Gasteiger partial charge in [-0.25, -0.2) is 0 Å². The van der Waals surface area contributed by atoms with E-state index in [1.54, 1.807) is 0 Å². The third-order valence-corrected chi connectivity index (χ3v) is 2.30. The second-order valence-corrected chi connectivity index (χ2v) is 3.61. The summed E-state index contributed by atoms with van der Waals surface area (Å²) >= 11 is 2.21. The van der Waals surface area contributed by atoms with E-state index in [1.165, 1.54) is 0 Å². The minimum absolute atomic E-state index is 0.291. The van der Waals surface area contributed by atoms with E-state index >= 15 is 0 Å². The first-order valence-corrected chi connectivity index (χ1v) is 4.17. The van der Waals surface area contributed by atoms with E-state index in [0.29, 0.717) is 19.4 Å². The van der Waals surface area contributed by atoms with Gasteiger partial charge in [-0.05, 0) is 28.8 Å². The number of ether oxygens (including phenoxy) is 1. The molecule has 11 heavy (non-hydrogen) atoms. The van der Waals surface area contributed by atoms with Crippen LogP contribution in [0.3, 0.4) is 0 Å². The van der Waals surface area contributed by atoms with Gasteiger partial charge in [-0.1, -0.05) is 0 Å². The normalized spacial score (nSPS) is 33.8. The van der Waals surface area contributed by atoms with E-state index in [4.69, 9.17) is 5.11 Å². The zero-order chi connectivity index (χ0) is 8.48. The second kappa shape index (κ2) is 3.33. The summed E-state index contributed by atoms with van der Waals surface area (Å²) in [5.74, 6) is -1.11. The van der Waals surface area contributed by atoms with E-state index in [2.05, 4.69) is 20.7 Å². The lowest BCUT2D eigenvalue weighted by molar-refractivity contribution is -0.195. The number of hydrogen-bond acceptors (Lipinski definition) is 2. The fourth-order valence-electron chi connectivity index (χ4n) is 1.09. The molecule has 66 valence electrons. The molecule has 0 aliphatic carbocycles. The van der Waals surface area contributed by atoms with E-state index in [1.807, 2.05) is 0 Å². The Balaban J connectivity index is 2.55. The number of aliphatic hydroxyl groups is 1. The van der Waals surface area contributed by atoms with Gasteiger partial charge in [-0.15, -0.1) is 0 Å². The Morgan fingerprint density at radius 3 is 2.55 bits per heavy atom. The van der Waals surface area contributed by atoms with Crippen molar-refractivity contribution in [3.63, 3.8) is 0 Å². The molecule has 1 saturated heterocycles. The van der Waals surface area contributed by atoms with Gasteiger partial charge < -0.3 is 9.84 Å². The standard InChI is InChI=1S/C6H9BrF2O2/c7-6(8,9)4-2-1-3-11-5(4)10/h4-5,10H,1-3H2. The van der Waals surface area contributed by atoms with E-state index in [0.717, 1.165) is 0 Å². The van der Waals surface area contributed by atoms with E-state index in [9.17, 15) is 8.78 Å². The summed E-state index contributed by atoms with van der Waals surface area (Å²) in [7, 11) is 0. The molecule has 1 aliphatic heterocycles. The summed E-state index contributed by atoms with van der Waals surface area (Å²) in [5, 5.41) is 8.97. The van der Waals surface area contributed by atoms with Crippen LogP contribution in [-0.4, -0.2) is 22.8 Å². The number of aliphatic hydroxyl groups excluding tert-OH is 1. The van der Waals surface area contributed by atoms with Crippen molar-refractivity contribution in [2.45, 2.75) is 24.0 Å². The minimum atomic E-state index is -3.02. The zero-order valence-electron chi connectivity index (χ0n) is 5.77. The molecule has 0 aromatic carbocycles. The van der Waals surface area contributed by atoms with Gasteiger partial charge in [0.25, 0.3) is 0 Å². The largest absolute Gasteiger partial charge is 0.367 e. The number of halogens is 3. The van der Waals surface area contributed by atoms with Crippen molar-refractivity contribution in [3.8, 4) is 0 Å². The average Bonchev–Trinajstić information content (AvgIpc) is 1.86. The topological polar surface area (TPSA) is 29.5 Å². The second-order valence-electron chi connectivity index (χ2n) is 2.55. The lowest BCUT2D eigenvalue weighted by atomic mass is 10.0. The smallest absolute Gasteiger partial charge is 0.309 e. The van der Waals surface area contributed by atoms with E-state index < -0.39 is 17.0 Å². The molecular weight excluding hydrogens is 222 g/mol. The maximum Gasteiger partial charge on any atom is 0.309 e. The Labute approximate surface area is 71.7 Å². The Bertz CT molecular complexity index is 137. The van der Waals surface area contributed by atoms with Gasteiger partial charge >= 0.3 is 4.83 Å². The van der Waals surface area contributed by atoms with Crippen molar-refractivity contribution in [2.24, 2.45) is 5.92 Å². The molecule has 1 N–H and O–H groups in total. The Morgan fingerprint density at radius 1 is 1.55 bits per heavy atom. The van der Waals surface area contributed by atoms with Crippen LogP contribution in [0.5, 0.6) is 0 Å². The number of alkyl halides is 3. The molecule has 1 fully saturated rings. The van der Waals surface area contributed by atoms with Crippen molar-refractivity contribution in [1.29, 1.82) is 0 Å². The fraction of sp³-hybridized carbons (Fsp3) is 1.00. The molecule has 0 saturated carbocycles. The first-order chi connectivity index (χ1) is 5.02. The van der Waals surface area contributed by atoms with Crippen LogP contribution in [0.15, 0.2) is 0 Å². The highest BCUT2D eigenvalue weighted by atomic mass is 79.9. The fourth-order valence-corrected chi connectivity index (χ4v) is 1.55. The molecule has 5 heteroatoms. The lowest BCUT2D eigenvalue weighted by Gasteiger charge is -2.30. The van der Waals surface area contributed by atoms with Crippen LogP contribution in [0.1, 0.15) is 12.8 Å². The van der Waals surface area contributed by atoms with Gasteiger partial charge in [0.05, 0.1) is 5.92 Å². The molecular formula is C6H9BrF2O2. The van der Waals surface area contributed by atoms with Crippen LogP contribution in [0, 0.1) is 5.92 Å². The molecule has 0 spiro atoms. The number of rotatable bonds is 1. The van der Waals surface area contributed by atoms with E-state index in [-0.39, 0.29) is 0 Å². The molecule has 0 radical (unpaired) electrons. The van der Waals surface area contributed by atoms with Gasteiger partial charge in [0.15, 0.2) is 6.29 Å². The Morgan fingerprint density at radius 2 is 2.18 bits per heavy atom. The van der Waals surface area contributed by atoms with Crippen molar-refractivity contribution in [3.05, 3.63) is 0 Å². The summed E-state index contributed by atoms with van der Waals surface area (Å²) in [4.78, 5) is -3.02. The molecule has 0 aromatic heterocycles. The molecule has 1 rings (SSSR count). The molecule has 1 heterocycles. The summed E-state index contributed by atoms with van der Waals surface area (Å²) in [6, 6.07) is 0. The van der Waals surface area contributed by atoms with Gasteiger partial charge in [-0.3, -0.25) is 0 Å². The zero-order valence-corrected chi connectivity index (χ0v) is 7.35. The minimum Gasteiger partial charge on any atom is -0.367 e. The first-order valence-electron chi connectivity index (χ1n) is 3.38. The van der Waals surface area contributed by atoms with Gasteiger partial charge in [0, 0.05) is 6.61 Å². The molecule has 2 atom stereocenters. The predicted molar refractivity (Wildman–Crippen MR) is 38.6 cm³/mol. The first kappa shape index (κ1) is 9.35. The van der Waals surface area contributed by atoms with Crippen LogP contribution in [-0.2, 0) is 4.74 Å². The summed E-state index contributed by atoms with van der Waals surface area (Å²) in [6.45, 7) is 0.362. The molecule has 2 nitrogen and oxygen atoms in total. The maximum absolute atomic E-state index is 12.5. The van der Waals surface area contributed by atoms with Crippen molar-refractivity contribution >= 4 is 15.9 Å². The Kier molecular flexibility index (Phi) is 2.83. The highest BCUT2D eigenvalue weighted by Gasteiger charge is 2.43. The maximum atomic E-state index is 12.5. The lowest BCUT2D eigenvalue weighted by Crippen LogP contribution is -2.38. The van der Waals surface area contributed by atoms with Crippen molar-refractivity contribution < 1.29 is 18.6 Å². The average molecular weight is 231 g/mol. The van der Waals surface area contributed by atoms with Crippen molar-refractivity contribution in [2.75, 3.05) is 6.61 Å². The highest BCUT2D eigenvalue weighted by Crippen LogP contribution is 2.38. The molecule has 1 aliphatic rings. The monoisotopic (exact) mass is 230 g/mol. The Hall–Kier alpha value is 0.260. The summed E-state index contributed by atoms with van der Waals surface area (Å²) in [5.41, 5.74) is 0. The quantitative estimate of drug-likeness (QED) is 0.696. The van der Waals surface area contributed by atoms with Gasteiger partial charge in [-0.2, -0.15) is 8.78 Å². The summed E-state index contributed by atoms with van der Waals surface area (Å²) < 4.78 is 29.7. The highest BCUT2D eigenvalue weighted by molar-refractivity contribution is 9.10. The van der Waals surface area contributed by atoms with Gasteiger partial charge in [0.2, 0.25) is 0 Å². The van der Waals surface area contributed by atoms with Gasteiger partial charge in [0.1, 0.15) is 0 Å².